The molecule has 5 nitrogen and oxygen atoms in total. The molecule has 0 aromatic carbocycles. The van der Waals surface area contributed by atoms with Gasteiger partial charge in [-0.2, -0.15) is 0 Å². The van der Waals surface area contributed by atoms with Crippen molar-refractivity contribution in [3.05, 3.63) is 17.5 Å². The lowest BCUT2D eigenvalue weighted by molar-refractivity contribution is 0.0381. The standard InChI is InChI=1S/C9H12ClN3O2/c10-7-3-11-4-8(13-7)12-5-9(14)1-2-15-6-9/h3-4,14H,1-2,5-6H2,(H,12,13). The van der Waals surface area contributed by atoms with E-state index in [2.05, 4.69) is 15.3 Å². The molecule has 0 amide bonds. The van der Waals surface area contributed by atoms with Gasteiger partial charge >= 0.3 is 0 Å². The normalized spacial score (nSPS) is 25.5. The molecule has 1 aromatic rings. The lowest BCUT2D eigenvalue weighted by Crippen LogP contribution is -2.37. The van der Waals surface area contributed by atoms with Gasteiger partial charge in [-0.05, 0) is 0 Å². The third-order valence-electron chi connectivity index (χ3n) is 2.29. The van der Waals surface area contributed by atoms with Crippen LogP contribution in [-0.2, 0) is 4.74 Å². The van der Waals surface area contributed by atoms with Crippen molar-refractivity contribution in [1.82, 2.24) is 9.97 Å². The number of nitrogens with zero attached hydrogens (tertiary/aromatic N) is 2. The fraction of sp³-hybridized carbons (Fsp3) is 0.556. The van der Waals surface area contributed by atoms with Crippen LogP contribution in [0.15, 0.2) is 12.4 Å². The van der Waals surface area contributed by atoms with Crippen LogP contribution in [0.5, 0.6) is 0 Å². The molecule has 2 rings (SSSR count). The smallest absolute Gasteiger partial charge is 0.149 e. The van der Waals surface area contributed by atoms with Crippen molar-refractivity contribution in [2.75, 3.05) is 25.1 Å². The van der Waals surface area contributed by atoms with E-state index < -0.39 is 5.60 Å². The zero-order chi connectivity index (χ0) is 10.7. The summed E-state index contributed by atoms with van der Waals surface area (Å²) in [6, 6.07) is 0. The highest BCUT2D eigenvalue weighted by Crippen LogP contribution is 2.18. The largest absolute Gasteiger partial charge is 0.386 e. The van der Waals surface area contributed by atoms with Gasteiger partial charge in [0.15, 0.2) is 0 Å². The van der Waals surface area contributed by atoms with Gasteiger partial charge in [0.2, 0.25) is 0 Å². The summed E-state index contributed by atoms with van der Waals surface area (Å²) in [6.07, 6.45) is 3.65. The lowest BCUT2D eigenvalue weighted by atomic mass is 10.0. The molecule has 1 fully saturated rings. The fourth-order valence-corrected chi connectivity index (χ4v) is 1.57. The second-order valence-corrected chi connectivity index (χ2v) is 3.99. The van der Waals surface area contributed by atoms with Crippen molar-refractivity contribution in [1.29, 1.82) is 0 Å². The van der Waals surface area contributed by atoms with Crippen LogP contribution in [0, 0.1) is 0 Å². The highest BCUT2D eigenvalue weighted by atomic mass is 35.5. The van der Waals surface area contributed by atoms with Crippen LogP contribution in [-0.4, -0.2) is 40.4 Å². The molecular weight excluding hydrogens is 218 g/mol. The number of aromatic nitrogens is 2. The molecule has 15 heavy (non-hydrogen) atoms. The van der Waals surface area contributed by atoms with Crippen LogP contribution in [0.25, 0.3) is 0 Å². The maximum absolute atomic E-state index is 9.95. The van der Waals surface area contributed by atoms with Crippen LogP contribution in [0.1, 0.15) is 6.42 Å². The number of halogens is 1. The number of ether oxygens (including phenoxy) is 1. The summed E-state index contributed by atoms with van der Waals surface area (Å²) in [6.45, 7) is 1.34. The molecule has 0 radical (unpaired) electrons. The Kier molecular flexibility index (Phi) is 3.04. The van der Waals surface area contributed by atoms with Crippen LogP contribution in [0.3, 0.4) is 0 Å². The van der Waals surface area contributed by atoms with Gasteiger partial charge in [0.05, 0.1) is 19.0 Å². The van der Waals surface area contributed by atoms with E-state index in [9.17, 15) is 5.11 Å². The van der Waals surface area contributed by atoms with Crippen LogP contribution in [0.2, 0.25) is 5.15 Å². The molecule has 1 atom stereocenters. The first-order chi connectivity index (χ1) is 7.18. The Hall–Kier alpha value is -0.910. The maximum atomic E-state index is 9.95. The zero-order valence-electron chi connectivity index (χ0n) is 8.11. The van der Waals surface area contributed by atoms with E-state index in [1.807, 2.05) is 0 Å². The predicted molar refractivity (Wildman–Crippen MR) is 55.9 cm³/mol. The number of aliphatic hydroxyl groups is 1. The molecule has 0 spiro atoms. The van der Waals surface area contributed by atoms with E-state index in [0.717, 1.165) is 0 Å². The van der Waals surface area contributed by atoms with E-state index in [0.29, 0.717) is 37.2 Å². The molecule has 2 N–H and O–H groups in total. The maximum Gasteiger partial charge on any atom is 0.149 e. The Balaban J connectivity index is 1.92. The number of hydrogen-bond donors (Lipinski definition) is 2. The third kappa shape index (κ3) is 2.77. The predicted octanol–water partition coefficient (Wildman–Crippen LogP) is 0.693. The third-order valence-corrected chi connectivity index (χ3v) is 2.47. The zero-order valence-corrected chi connectivity index (χ0v) is 8.87. The Morgan fingerprint density at radius 1 is 1.60 bits per heavy atom. The van der Waals surface area contributed by atoms with E-state index >= 15 is 0 Å². The van der Waals surface area contributed by atoms with E-state index in [4.69, 9.17) is 16.3 Å². The molecule has 1 aromatic heterocycles. The summed E-state index contributed by atoms with van der Waals surface area (Å²) in [5.41, 5.74) is -0.802. The Bertz CT molecular complexity index is 342. The molecule has 2 heterocycles. The van der Waals surface area contributed by atoms with Crippen molar-refractivity contribution in [2.24, 2.45) is 0 Å². The van der Waals surface area contributed by atoms with Gasteiger partial charge in [-0.3, -0.25) is 4.98 Å². The molecule has 1 aliphatic rings. The molecular formula is C9H12ClN3O2. The quantitative estimate of drug-likeness (QED) is 0.799. The van der Waals surface area contributed by atoms with Crippen molar-refractivity contribution in [3.8, 4) is 0 Å². The lowest BCUT2D eigenvalue weighted by Gasteiger charge is -2.20. The van der Waals surface area contributed by atoms with Gasteiger partial charge in [0.1, 0.15) is 16.6 Å². The van der Waals surface area contributed by atoms with Crippen molar-refractivity contribution in [2.45, 2.75) is 12.0 Å². The first-order valence-electron chi connectivity index (χ1n) is 4.70. The minimum absolute atomic E-state index is 0.328. The summed E-state index contributed by atoms with van der Waals surface area (Å²) in [5, 5.41) is 13.3. The molecule has 0 bridgehead atoms. The van der Waals surface area contributed by atoms with Crippen molar-refractivity contribution in [3.63, 3.8) is 0 Å². The summed E-state index contributed by atoms with van der Waals surface area (Å²) in [7, 11) is 0. The fourth-order valence-electron chi connectivity index (χ4n) is 1.42. The minimum Gasteiger partial charge on any atom is -0.386 e. The highest BCUT2D eigenvalue weighted by Gasteiger charge is 2.31. The van der Waals surface area contributed by atoms with Crippen LogP contribution < -0.4 is 5.32 Å². The first-order valence-corrected chi connectivity index (χ1v) is 5.07. The number of hydrogen-bond acceptors (Lipinski definition) is 5. The molecule has 82 valence electrons. The van der Waals surface area contributed by atoms with Gasteiger partial charge in [0.25, 0.3) is 0 Å². The van der Waals surface area contributed by atoms with Gasteiger partial charge in [-0.15, -0.1) is 0 Å². The summed E-state index contributed by atoms with van der Waals surface area (Å²) in [4.78, 5) is 7.89. The van der Waals surface area contributed by atoms with Crippen LogP contribution in [0.4, 0.5) is 5.82 Å². The Morgan fingerprint density at radius 3 is 3.13 bits per heavy atom. The first kappa shape index (κ1) is 10.6. The number of nitrogens with one attached hydrogen (secondary N) is 1. The van der Waals surface area contributed by atoms with Crippen molar-refractivity contribution >= 4 is 17.4 Å². The Morgan fingerprint density at radius 2 is 2.47 bits per heavy atom. The second kappa shape index (κ2) is 4.30. The SMILES string of the molecule is OC1(CNc2cncc(Cl)n2)CCOC1. The van der Waals surface area contributed by atoms with Gasteiger partial charge in [-0.1, -0.05) is 11.6 Å². The summed E-state index contributed by atoms with van der Waals surface area (Å²) >= 11 is 5.67. The average molecular weight is 230 g/mol. The summed E-state index contributed by atoms with van der Waals surface area (Å²) in [5.74, 6) is 0.558. The molecule has 1 unspecified atom stereocenters. The second-order valence-electron chi connectivity index (χ2n) is 3.61. The molecule has 6 heteroatoms. The monoisotopic (exact) mass is 229 g/mol. The number of rotatable bonds is 3. The van der Waals surface area contributed by atoms with E-state index in [1.165, 1.54) is 6.20 Å². The van der Waals surface area contributed by atoms with E-state index in [1.54, 1.807) is 6.20 Å². The average Bonchev–Trinajstić information content (AvgIpc) is 2.63. The molecule has 0 aliphatic carbocycles. The Labute approximate surface area is 92.5 Å². The number of anilines is 1. The van der Waals surface area contributed by atoms with Gasteiger partial charge in [-0.25, -0.2) is 4.98 Å². The molecule has 1 aliphatic heterocycles. The van der Waals surface area contributed by atoms with Crippen LogP contribution >= 0.6 is 11.6 Å². The molecule has 1 saturated heterocycles. The molecule has 0 saturated carbocycles. The van der Waals surface area contributed by atoms with E-state index in [-0.39, 0.29) is 0 Å². The minimum atomic E-state index is -0.802. The summed E-state index contributed by atoms with van der Waals surface area (Å²) < 4.78 is 5.12. The van der Waals surface area contributed by atoms with Gasteiger partial charge in [0, 0.05) is 19.6 Å². The highest BCUT2D eigenvalue weighted by molar-refractivity contribution is 6.29. The topological polar surface area (TPSA) is 67.3 Å². The van der Waals surface area contributed by atoms with Crippen molar-refractivity contribution < 1.29 is 9.84 Å². The van der Waals surface area contributed by atoms with Gasteiger partial charge < -0.3 is 15.2 Å².